The van der Waals surface area contributed by atoms with Crippen LogP contribution in [-0.2, 0) is 6.18 Å². The third-order valence-corrected chi connectivity index (χ3v) is 4.84. The molecular weight excluding hydrogens is 345 g/mol. The van der Waals surface area contributed by atoms with Crippen LogP contribution in [0.5, 0.6) is 0 Å². The van der Waals surface area contributed by atoms with Crippen LogP contribution in [0.3, 0.4) is 0 Å². The van der Waals surface area contributed by atoms with Crippen molar-refractivity contribution in [3.05, 3.63) is 47.3 Å². The minimum Gasteiger partial charge on any atom is -0.349 e. The van der Waals surface area contributed by atoms with Crippen LogP contribution in [0.25, 0.3) is 5.69 Å². The van der Waals surface area contributed by atoms with Crippen molar-refractivity contribution in [2.45, 2.75) is 38.4 Å². The summed E-state index contributed by atoms with van der Waals surface area (Å²) in [6.07, 6.45) is -1.24. The summed E-state index contributed by atoms with van der Waals surface area (Å²) in [5.74, 6) is -0.665. The molecule has 26 heavy (non-hydrogen) atoms. The summed E-state index contributed by atoms with van der Waals surface area (Å²) in [4.78, 5) is 12.5. The Labute approximate surface area is 149 Å². The van der Waals surface area contributed by atoms with E-state index >= 15 is 0 Å². The molecule has 0 radical (unpaired) electrons. The number of hydrogen-bond donors (Lipinski definition) is 2. The zero-order valence-corrected chi connectivity index (χ0v) is 14.4. The fourth-order valence-corrected chi connectivity index (χ4v) is 3.42. The molecule has 2 unspecified atom stereocenters. The molecule has 1 amide bonds. The zero-order chi connectivity index (χ0) is 18.9. The van der Waals surface area contributed by atoms with E-state index in [0.717, 1.165) is 35.7 Å². The molecule has 1 aromatic heterocycles. The number of halogens is 3. The maximum absolute atomic E-state index is 13.7. The van der Waals surface area contributed by atoms with Crippen LogP contribution in [-0.4, -0.2) is 28.3 Å². The molecular formula is C18H21F3N4O. The highest BCUT2D eigenvalue weighted by Gasteiger charge is 2.41. The molecule has 1 fully saturated rings. The van der Waals surface area contributed by atoms with Gasteiger partial charge in [0, 0.05) is 6.04 Å². The van der Waals surface area contributed by atoms with Gasteiger partial charge in [-0.3, -0.25) is 4.79 Å². The Morgan fingerprint density at radius 1 is 1.31 bits per heavy atom. The van der Waals surface area contributed by atoms with E-state index in [1.165, 1.54) is 0 Å². The van der Waals surface area contributed by atoms with Crippen LogP contribution in [0.1, 0.15) is 40.9 Å². The molecule has 0 aliphatic heterocycles. The molecule has 1 aromatic carbocycles. The molecule has 1 aliphatic rings. The molecule has 8 heteroatoms. The summed E-state index contributed by atoms with van der Waals surface area (Å²) in [7, 11) is 0. The smallest absolute Gasteiger partial charge is 0.349 e. The van der Waals surface area contributed by atoms with E-state index in [1.807, 2.05) is 6.92 Å². The number of carbonyl (C=O) groups is 1. The first-order valence-electron chi connectivity index (χ1n) is 8.54. The van der Waals surface area contributed by atoms with E-state index in [4.69, 9.17) is 5.73 Å². The van der Waals surface area contributed by atoms with Crippen molar-refractivity contribution in [1.29, 1.82) is 0 Å². The van der Waals surface area contributed by atoms with Crippen molar-refractivity contribution in [2.24, 2.45) is 11.7 Å². The lowest BCUT2D eigenvalue weighted by Gasteiger charge is -2.20. The van der Waals surface area contributed by atoms with Crippen LogP contribution in [0.2, 0.25) is 0 Å². The number of hydrogen-bond acceptors (Lipinski definition) is 3. The quantitative estimate of drug-likeness (QED) is 0.874. The Morgan fingerprint density at radius 2 is 2.00 bits per heavy atom. The molecule has 140 valence electrons. The number of nitrogens with two attached hydrogens (primary N) is 1. The third-order valence-electron chi connectivity index (χ3n) is 4.84. The molecule has 0 bridgehead atoms. The molecule has 2 atom stereocenters. The number of carbonyl (C=O) groups excluding carboxylic acids is 1. The van der Waals surface area contributed by atoms with Gasteiger partial charge in [0.15, 0.2) is 5.69 Å². The average molecular weight is 366 g/mol. The summed E-state index contributed by atoms with van der Waals surface area (Å²) in [5, 5.41) is 6.54. The fraction of sp³-hybridized carbons (Fsp3) is 0.444. The van der Waals surface area contributed by atoms with Crippen molar-refractivity contribution < 1.29 is 18.0 Å². The minimum atomic E-state index is -4.71. The first-order chi connectivity index (χ1) is 12.3. The largest absolute Gasteiger partial charge is 0.434 e. The lowest BCUT2D eigenvalue weighted by Crippen LogP contribution is -2.40. The maximum Gasteiger partial charge on any atom is 0.434 e. The first kappa shape index (κ1) is 18.4. The van der Waals surface area contributed by atoms with Crippen LogP contribution in [0.4, 0.5) is 13.2 Å². The highest BCUT2D eigenvalue weighted by Crippen LogP contribution is 2.34. The van der Waals surface area contributed by atoms with E-state index in [-0.39, 0.29) is 17.6 Å². The second kappa shape index (κ2) is 7.11. The monoisotopic (exact) mass is 366 g/mol. The molecule has 0 saturated heterocycles. The lowest BCUT2D eigenvalue weighted by atomic mass is 10.0. The minimum absolute atomic E-state index is 0.0976. The Kier molecular flexibility index (Phi) is 5.04. The van der Waals surface area contributed by atoms with Gasteiger partial charge < -0.3 is 11.1 Å². The van der Waals surface area contributed by atoms with Crippen molar-refractivity contribution >= 4 is 5.91 Å². The van der Waals surface area contributed by atoms with Crippen molar-refractivity contribution in [3.63, 3.8) is 0 Å². The Morgan fingerprint density at radius 3 is 2.62 bits per heavy atom. The van der Waals surface area contributed by atoms with E-state index < -0.39 is 23.3 Å². The van der Waals surface area contributed by atoms with Gasteiger partial charge in [0.05, 0.1) is 17.4 Å². The summed E-state index contributed by atoms with van der Waals surface area (Å²) in [6.45, 7) is 2.24. The lowest BCUT2D eigenvalue weighted by molar-refractivity contribution is -0.143. The van der Waals surface area contributed by atoms with Gasteiger partial charge >= 0.3 is 6.18 Å². The molecule has 2 aromatic rings. The summed E-state index contributed by atoms with van der Waals surface area (Å²) in [6, 6.07) is 6.28. The maximum atomic E-state index is 13.7. The van der Waals surface area contributed by atoms with Gasteiger partial charge in [-0.05, 0) is 44.4 Å². The molecule has 1 heterocycles. The number of nitrogens with one attached hydrogen (secondary N) is 1. The Bertz CT molecular complexity index is 783. The summed E-state index contributed by atoms with van der Waals surface area (Å²) < 4.78 is 41.8. The van der Waals surface area contributed by atoms with Gasteiger partial charge in [0.1, 0.15) is 0 Å². The number of nitrogens with zero attached hydrogens (tertiary/aromatic N) is 2. The highest BCUT2D eigenvalue weighted by molar-refractivity contribution is 5.95. The number of alkyl halides is 3. The number of aromatic nitrogens is 2. The summed E-state index contributed by atoms with van der Waals surface area (Å²) in [5.41, 5.74) is 5.31. The van der Waals surface area contributed by atoms with E-state index in [9.17, 15) is 18.0 Å². The van der Waals surface area contributed by atoms with Gasteiger partial charge in [0.25, 0.3) is 5.91 Å². The van der Waals surface area contributed by atoms with Crippen molar-refractivity contribution in [2.75, 3.05) is 6.54 Å². The Balaban J connectivity index is 1.94. The summed E-state index contributed by atoms with van der Waals surface area (Å²) >= 11 is 0. The van der Waals surface area contributed by atoms with Gasteiger partial charge in [-0.25, -0.2) is 4.68 Å². The van der Waals surface area contributed by atoms with Gasteiger partial charge in [0.2, 0.25) is 0 Å². The highest BCUT2D eigenvalue weighted by atomic mass is 19.4. The average Bonchev–Trinajstić information content (AvgIpc) is 3.21. The molecule has 3 N–H and O–H groups in total. The van der Waals surface area contributed by atoms with Gasteiger partial charge in [-0.2, -0.15) is 18.3 Å². The topological polar surface area (TPSA) is 72.9 Å². The van der Waals surface area contributed by atoms with Gasteiger partial charge in [-0.1, -0.05) is 24.1 Å². The predicted octanol–water partition coefficient (Wildman–Crippen LogP) is 3.06. The SMILES string of the molecule is Cc1ccc(-n2ncc(C(=O)NC3CCCC3CN)c2C(F)(F)F)cc1. The third kappa shape index (κ3) is 3.60. The van der Waals surface area contributed by atoms with Crippen LogP contribution in [0.15, 0.2) is 30.5 Å². The Hall–Kier alpha value is -2.35. The van der Waals surface area contributed by atoms with Crippen LogP contribution in [0, 0.1) is 12.8 Å². The zero-order valence-electron chi connectivity index (χ0n) is 14.4. The van der Waals surface area contributed by atoms with Crippen LogP contribution >= 0.6 is 0 Å². The standard InChI is InChI=1S/C18H21F3N4O/c1-11-5-7-13(8-6-11)25-16(18(19,20)21)14(10-23-25)17(26)24-15-4-2-3-12(15)9-22/h5-8,10,12,15H,2-4,9,22H2,1H3,(H,24,26). The van der Waals surface area contributed by atoms with E-state index in [0.29, 0.717) is 6.54 Å². The normalized spacial score (nSPS) is 20.3. The molecule has 1 aliphatic carbocycles. The molecule has 0 spiro atoms. The van der Waals surface area contributed by atoms with E-state index in [2.05, 4.69) is 10.4 Å². The van der Waals surface area contributed by atoms with Crippen LogP contribution < -0.4 is 11.1 Å². The second-order valence-corrected chi connectivity index (χ2v) is 6.66. The number of aryl methyl sites for hydroxylation is 1. The van der Waals surface area contributed by atoms with Gasteiger partial charge in [-0.15, -0.1) is 0 Å². The first-order valence-corrected chi connectivity index (χ1v) is 8.54. The number of benzene rings is 1. The van der Waals surface area contributed by atoms with Crippen molar-refractivity contribution in [3.8, 4) is 5.69 Å². The fourth-order valence-electron chi connectivity index (χ4n) is 3.42. The number of rotatable bonds is 4. The number of amides is 1. The molecule has 1 saturated carbocycles. The second-order valence-electron chi connectivity index (χ2n) is 6.66. The van der Waals surface area contributed by atoms with E-state index in [1.54, 1.807) is 24.3 Å². The van der Waals surface area contributed by atoms with Crippen molar-refractivity contribution in [1.82, 2.24) is 15.1 Å². The molecule has 3 rings (SSSR count). The predicted molar refractivity (Wildman–Crippen MR) is 91.0 cm³/mol. The molecule has 5 nitrogen and oxygen atoms in total.